The highest BCUT2D eigenvalue weighted by atomic mass is 35.5. The van der Waals surface area contributed by atoms with Crippen LogP contribution in [-0.4, -0.2) is 60.1 Å². The van der Waals surface area contributed by atoms with Crippen LogP contribution in [0.3, 0.4) is 0 Å². The first kappa shape index (κ1) is 19.5. The molecule has 12 heteroatoms. The number of hydrogen-bond donors (Lipinski definition) is 5. The Morgan fingerprint density at radius 1 is 1.48 bits per heavy atom. The Kier molecular flexibility index (Phi) is 5.30. The number of fused-ring (bicyclic) bond motifs is 1. The predicted octanol–water partition coefficient (Wildman–Crippen LogP) is -0.675. The maximum Gasteiger partial charge on any atom is 0.329 e. The minimum absolute atomic E-state index is 0. The summed E-state index contributed by atoms with van der Waals surface area (Å²) in [4.78, 5) is 39.4. The molecule has 0 bridgehead atoms. The molecule has 6 atom stereocenters. The van der Waals surface area contributed by atoms with Crippen LogP contribution in [0.15, 0.2) is 11.5 Å². The Morgan fingerprint density at radius 3 is 2.64 bits per heavy atom. The van der Waals surface area contributed by atoms with E-state index in [4.69, 9.17) is 5.73 Å². The van der Waals surface area contributed by atoms with E-state index in [0.717, 1.165) is 0 Å². The number of hydrogen-bond acceptors (Lipinski definition) is 7. The average molecular weight is 392 g/mol. The van der Waals surface area contributed by atoms with E-state index >= 15 is 0 Å². The van der Waals surface area contributed by atoms with Crippen molar-refractivity contribution in [2.45, 2.75) is 35.3 Å². The summed E-state index contributed by atoms with van der Waals surface area (Å²) in [5.41, 5.74) is 3.89. The van der Waals surface area contributed by atoms with Crippen LogP contribution in [-0.2, 0) is 14.4 Å². The summed E-state index contributed by atoms with van der Waals surface area (Å²) in [6.45, 7) is 1.44. The first-order valence-electron chi connectivity index (χ1n) is 7.33. The van der Waals surface area contributed by atoms with Gasteiger partial charge in [-0.1, -0.05) is 11.8 Å². The minimum atomic E-state index is -1.63. The first-order valence-corrected chi connectivity index (χ1v) is 8.21. The smallest absolute Gasteiger partial charge is 0.329 e. The summed E-state index contributed by atoms with van der Waals surface area (Å²) in [5.74, 6) is -4.76. The van der Waals surface area contributed by atoms with E-state index in [1.54, 1.807) is 0 Å². The van der Waals surface area contributed by atoms with Crippen LogP contribution in [0.2, 0.25) is 0 Å². The number of aliphatic carboxylic acids is 2. The van der Waals surface area contributed by atoms with Gasteiger partial charge in [-0.2, -0.15) is 5.10 Å². The third kappa shape index (κ3) is 3.18. The van der Waals surface area contributed by atoms with Gasteiger partial charge in [0.25, 0.3) is 0 Å². The second kappa shape index (κ2) is 6.81. The molecule has 2 aliphatic carbocycles. The summed E-state index contributed by atoms with van der Waals surface area (Å²) in [5, 5.41) is 28.2. The number of amides is 1. The van der Waals surface area contributed by atoms with Crippen molar-refractivity contribution in [2.75, 3.05) is 0 Å². The molecular formula is C13H18ClN5O5S. The standard InChI is InChI=1S/C13H17N5O5S.ClH/c1-4(14)9(19)17-13(11(22)23)2-5(24-12-15-3-16-18-12)6-7(8(6)13)10(20)21;/h3-8H,2,14H2,1H3,(H,17,19)(H,20,21)(H,22,23)(H,15,16,18);1H/t4-,5+,6-,7-,8-,13-;/m0./s1. The van der Waals surface area contributed by atoms with Gasteiger partial charge in [0, 0.05) is 11.2 Å². The SMILES string of the molecule is C[C@H](N)C(=O)N[C@@]1(C(=O)O)C[C@@H](Sc2ncn[nH]2)[C@H]2[C@H](C(=O)O)[C@H]21.Cl. The van der Waals surface area contributed by atoms with Crippen LogP contribution < -0.4 is 11.1 Å². The molecule has 0 saturated heterocycles. The van der Waals surface area contributed by atoms with Gasteiger partial charge in [0.2, 0.25) is 5.91 Å². The molecule has 1 heterocycles. The van der Waals surface area contributed by atoms with Crippen LogP contribution in [0, 0.1) is 17.8 Å². The normalized spacial score (nSPS) is 33.7. The molecule has 2 aliphatic rings. The average Bonchev–Trinajstić information content (AvgIpc) is 2.90. The lowest BCUT2D eigenvalue weighted by Gasteiger charge is -2.30. The molecule has 0 unspecified atom stereocenters. The summed E-state index contributed by atoms with van der Waals surface area (Å²) in [6.07, 6.45) is 1.42. The van der Waals surface area contributed by atoms with Crippen LogP contribution in [0.5, 0.6) is 0 Å². The van der Waals surface area contributed by atoms with E-state index in [2.05, 4.69) is 20.5 Å². The van der Waals surface area contributed by atoms with E-state index in [1.165, 1.54) is 25.0 Å². The first-order chi connectivity index (χ1) is 11.3. The number of carboxylic acid groups (broad SMARTS) is 2. The van der Waals surface area contributed by atoms with Crippen molar-refractivity contribution in [3.05, 3.63) is 6.33 Å². The molecule has 0 aliphatic heterocycles. The lowest BCUT2D eigenvalue weighted by Crippen LogP contribution is -2.59. The molecule has 1 aromatic rings. The zero-order valence-electron chi connectivity index (χ0n) is 13.1. The number of aromatic nitrogens is 3. The number of carboxylic acids is 2. The highest BCUT2D eigenvalue weighted by molar-refractivity contribution is 7.99. The third-order valence-corrected chi connectivity index (χ3v) is 5.88. The van der Waals surface area contributed by atoms with Crippen molar-refractivity contribution >= 4 is 42.0 Å². The van der Waals surface area contributed by atoms with Gasteiger partial charge in [-0.05, 0) is 19.3 Å². The van der Waals surface area contributed by atoms with E-state index in [9.17, 15) is 24.6 Å². The Hall–Kier alpha value is -1.85. The van der Waals surface area contributed by atoms with Crippen molar-refractivity contribution in [3.8, 4) is 0 Å². The Balaban J connectivity index is 0.00000225. The summed E-state index contributed by atoms with van der Waals surface area (Å²) in [6, 6.07) is -0.886. The van der Waals surface area contributed by atoms with Gasteiger partial charge >= 0.3 is 11.9 Å². The Labute approximate surface area is 152 Å². The number of carbonyl (C=O) groups is 3. The third-order valence-electron chi connectivity index (χ3n) is 4.68. The number of nitrogens with one attached hydrogen (secondary N) is 2. The maximum absolute atomic E-state index is 12.0. The van der Waals surface area contributed by atoms with E-state index in [-0.39, 0.29) is 30.0 Å². The van der Waals surface area contributed by atoms with Gasteiger partial charge in [0.1, 0.15) is 11.9 Å². The monoisotopic (exact) mass is 391 g/mol. The van der Waals surface area contributed by atoms with Crippen LogP contribution in [0.4, 0.5) is 0 Å². The number of aromatic amines is 1. The van der Waals surface area contributed by atoms with Gasteiger partial charge in [0.05, 0.1) is 12.0 Å². The van der Waals surface area contributed by atoms with Crippen molar-refractivity contribution in [1.82, 2.24) is 20.5 Å². The quantitative estimate of drug-likeness (QED) is 0.421. The molecule has 2 fully saturated rings. The Morgan fingerprint density at radius 2 is 2.16 bits per heavy atom. The molecule has 10 nitrogen and oxygen atoms in total. The lowest BCUT2D eigenvalue weighted by molar-refractivity contribution is -0.149. The number of rotatable bonds is 6. The Bertz CT molecular complexity index is 686. The van der Waals surface area contributed by atoms with Gasteiger partial charge in [-0.3, -0.25) is 14.7 Å². The molecule has 3 rings (SSSR count). The molecule has 2 saturated carbocycles. The largest absolute Gasteiger partial charge is 0.481 e. The predicted molar refractivity (Wildman–Crippen MR) is 88.2 cm³/mol. The van der Waals surface area contributed by atoms with Gasteiger partial charge in [-0.15, -0.1) is 12.4 Å². The molecule has 6 N–H and O–H groups in total. The van der Waals surface area contributed by atoms with Crippen molar-refractivity contribution in [1.29, 1.82) is 0 Å². The van der Waals surface area contributed by atoms with Crippen molar-refractivity contribution in [2.24, 2.45) is 23.5 Å². The van der Waals surface area contributed by atoms with Crippen LogP contribution in [0.25, 0.3) is 0 Å². The molecule has 0 radical (unpaired) electrons. The van der Waals surface area contributed by atoms with E-state index in [0.29, 0.717) is 5.16 Å². The van der Waals surface area contributed by atoms with E-state index in [1.807, 2.05) is 0 Å². The fourth-order valence-corrected chi connectivity index (χ4v) is 4.95. The zero-order chi connectivity index (χ0) is 17.6. The molecule has 1 aromatic heterocycles. The number of nitrogens with zero attached hydrogens (tertiary/aromatic N) is 2. The molecule has 138 valence electrons. The highest BCUT2D eigenvalue weighted by Crippen LogP contribution is 2.65. The van der Waals surface area contributed by atoms with Crippen molar-refractivity contribution < 1.29 is 24.6 Å². The number of H-pyrrole nitrogens is 1. The fraction of sp³-hybridized carbons (Fsp3) is 0.615. The molecular weight excluding hydrogens is 374 g/mol. The molecule has 1 amide bonds. The topological polar surface area (TPSA) is 171 Å². The van der Waals surface area contributed by atoms with Crippen LogP contribution in [0.1, 0.15) is 13.3 Å². The maximum atomic E-state index is 12.0. The second-order valence-electron chi connectivity index (χ2n) is 6.17. The van der Waals surface area contributed by atoms with Crippen molar-refractivity contribution in [3.63, 3.8) is 0 Å². The zero-order valence-corrected chi connectivity index (χ0v) is 14.7. The summed E-state index contributed by atoms with van der Waals surface area (Å²) < 4.78 is 0. The molecule has 25 heavy (non-hydrogen) atoms. The lowest BCUT2D eigenvalue weighted by atomic mass is 9.89. The molecule has 0 aromatic carbocycles. The second-order valence-corrected chi connectivity index (χ2v) is 7.40. The number of halogens is 1. The van der Waals surface area contributed by atoms with Gasteiger partial charge in [-0.25, -0.2) is 9.78 Å². The summed E-state index contributed by atoms with van der Waals surface area (Å²) >= 11 is 1.25. The number of nitrogens with two attached hydrogens (primary N) is 1. The number of carbonyl (C=O) groups excluding carboxylic acids is 1. The fourth-order valence-electron chi connectivity index (χ4n) is 3.61. The van der Waals surface area contributed by atoms with E-state index < -0.39 is 41.3 Å². The van der Waals surface area contributed by atoms with Crippen LogP contribution >= 0.6 is 24.2 Å². The molecule has 0 spiro atoms. The minimum Gasteiger partial charge on any atom is -0.481 e. The highest BCUT2D eigenvalue weighted by Gasteiger charge is 2.75. The number of thioether (sulfide) groups is 1. The summed E-state index contributed by atoms with van der Waals surface area (Å²) in [7, 11) is 0. The van der Waals surface area contributed by atoms with Gasteiger partial charge < -0.3 is 21.3 Å². The van der Waals surface area contributed by atoms with Gasteiger partial charge in [0.15, 0.2) is 5.16 Å².